The van der Waals surface area contributed by atoms with Crippen molar-refractivity contribution in [3.05, 3.63) is 28.8 Å². The minimum absolute atomic E-state index is 0.0192. The smallest absolute Gasteiger partial charge is 0.243 e. The standard InChI is InChI=1S/C14H21ClN2O2S/c1-10-4-3-7-17(11(10)2)20(18,19)13-5-6-14(15)12(8-13)9-16/h5-6,8,10-11H,3-4,7,9,16H2,1-2H3. The molecular formula is C14H21ClN2O2S. The van der Waals surface area contributed by atoms with Crippen molar-refractivity contribution in [3.63, 3.8) is 0 Å². The number of hydrogen-bond acceptors (Lipinski definition) is 3. The molecule has 2 unspecified atom stereocenters. The molecule has 0 spiro atoms. The van der Waals surface area contributed by atoms with Crippen LogP contribution in [0, 0.1) is 5.92 Å². The summed E-state index contributed by atoms with van der Waals surface area (Å²) in [6, 6.07) is 4.77. The number of benzene rings is 1. The highest BCUT2D eigenvalue weighted by atomic mass is 35.5. The normalized spacial score (nSPS) is 24.8. The van der Waals surface area contributed by atoms with Crippen molar-refractivity contribution in [1.82, 2.24) is 4.31 Å². The van der Waals surface area contributed by atoms with E-state index in [9.17, 15) is 8.42 Å². The highest BCUT2D eigenvalue weighted by Crippen LogP contribution is 2.30. The molecule has 112 valence electrons. The predicted octanol–water partition coefficient (Wildman–Crippen LogP) is 2.61. The molecule has 20 heavy (non-hydrogen) atoms. The second-order valence-corrected chi connectivity index (χ2v) is 7.73. The van der Waals surface area contributed by atoms with Gasteiger partial charge in [0.1, 0.15) is 0 Å². The van der Waals surface area contributed by atoms with Gasteiger partial charge in [-0.3, -0.25) is 0 Å². The maximum atomic E-state index is 12.8. The topological polar surface area (TPSA) is 63.4 Å². The van der Waals surface area contributed by atoms with Gasteiger partial charge in [0.25, 0.3) is 0 Å². The zero-order valence-corrected chi connectivity index (χ0v) is 13.4. The van der Waals surface area contributed by atoms with Gasteiger partial charge in [0, 0.05) is 24.2 Å². The van der Waals surface area contributed by atoms with Gasteiger partial charge in [0.15, 0.2) is 0 Å². The largest absolute Gasteiger partial charge is 0.326 e. The van der Waals surface area contributed by atoms with Crippen LogP contribution in [-0.4, -0.2) is 25.3 Å². The molecule has 1 aromatic rings. The summed E-state index contributed by atoms with van der Waals surface area (Å²) in [5.74, 6) is 0.375. The third kappa shape index (κ3) is 2.86. The molecule has 0 saturated carbocycles. The summed E-state index contributed by atoms with van der Waals surface area (Å²) < 4.78 is 27.1. The Kier molecular flexibility index (Phi) is 4.74. The molecule has 0 bridgehead atoms. The van der Waals surface area contributed by atoms with Crippen molar-refractivity contribution in [2.75, 3.05) is 6.54 Å². The van der Waals surface area contributed by atoms with Gasteiger partial charge in [-0.15, -0.1) is 0 Å². The number of piperidine rings is 1. The summed E-state index contributed by atoms with van der Waals surface area (Å²) in [7, 11) is -3.47. The lowest BCUT2D eigenvalue weighted by Crippen LogP contribution is -2.45. The van der Waals surface area contributed by atoms with E-state index >= 15 is 0 Å². The molecular weight excluding hydrogens is 296 g/mol. The van der Waals surface area contributed by atoms with E-state index in [1.54, 1.807) is 22.5 Å². The van der Waals surface area contributed by atoms with Crippen LogP contribution < -0.4 is 5.73 Å². The van der Waals surface area contributed by atoms with Gasteiger partial charge in [-0.25, -0.2) is 8.42 Å². The Balaban J connectivity index is 2.39. The monoisotopic (exact) mass is 316 g/mol. The first kappa shape index (κ1) is 15.8. The fourth-order valence-corrected chi connectivity index (χ4v) is 4.65. The molecule has 2 atom stereocenters. The van der Waals surface area contributed by atoms with E-state index in [-0.39, 0.29) is 17.5 Å². The lowest BCUT2D eigenvalue weighted by Gasteiger charge is -2.36. The summed E-state index contributed by atoms with van der Waals surface area (Å²) in [5.41, 5.74) is 6.26. The SMILES string of the molecule is CC1CCCN(S(=O)(=O)c2ccc(Cl)c(CN)c2)C1C. The number of nitrogens with zero attached hydrogens (tertiary/aromatic N) is 1. The molecule has 1 aliphatic heterocycles. The number of rotatable bonds is 3. The van der Waals surface area contributed by atoms with Crippen LogP contribution in [0.4, 0.5) is 0 Å². The van der Waals surface area contributed by atoms with Gasteiger partial charge in [-0.05, 0) is 49.4 Å². The first-order valence-electron chi connectivity index (χ1n) is 6.88. The molecule has 1 saturated heterocycles. The highest BCUT2D eigenvalue weighted by Gasteiger charge is 2.34. The number of sulfonamides is 1. The summed E-state index contributed by atoms with van der Waals surface area (Å²) >= 11 is 6.00. The lowest BCUT2D eigenvalue weighted by molar-refractivity contribution is 0.202. The summed E-state index contributed by atoms with van der Waals surface area (Å²) in [5, 5.41) is 0.506. The lowest BCUT2D eigenvalue weighted by atomic mass is 9.94. The van der Waals surface area contributed by atoms with Gasteiger partial charge >= 0.3 is 0 Å². The van der Waals surface area contributed by atoms with Gasteiger partial charge in [-0.2, -0.15) is 4.31 Å². The second kappa shape index (κ2) is 6.02. The van der Waals surface area contributed by atoms with Gasteiger partial charge in [0.05, 0.1) is 4.90 Å². The zero-order chi connectivity index (χ0) is 14.9. The van der Waals surface area contributed by atoms with Crippen LogP contribution in [0.15, 0.2) is 23.1 Å². The molecule has 1 aliphatic rings. The van der Waals surface area contributed by atoms with Crippen LogP contribution in [0.2, 0.25) is 5.02 Å². The molecule has 0 aliphatic carbocycles. The molecule has 1 aromatic carbocycles. The number of hydrogen-bond donors (Lipinski definition) is 1. The van der Waals surface area contributed by atoms with Crippen molar-refractivity contribution in [3.8, 4) is 0 Å². The van der Waals surface area contributed by atoms with Crippen LogP contribution >= 0.6 is 11.6 Å². The summed E-state index contributed by atoms with van der Waals surface area (Å²) in [4.78, 5) is 0.281. The van der Waals surface area contributed by atoms with Gasteiger partial charge < -0.3 is 5.73 Å². The molecule has 2 rings (SSSR count). The van der Waals surface area contributed by atoms with Crippen LogP contribution in [0.25, 0.3) is 0 Å². The minimum atomic E-state index is -3.47. The molecule has 2 N–H and O–H groups in total. The fraction of sp³-hybridized carbons (Fsp3) is 0.571. The van der Waals surface area contributed by atoms with Crippen LogP contribution in [0.1, 0.15) is 32.3 Å². The van der Waals surface area contributed by atoms with Crippen molar-refractivity contribution in [2.24, 2.45) is 11.7 Å². The third-order valence-corrected chi connectivity index (χ3v) is 6.51. The molecule has 4 nitrogen and oxygen atoms in total. The fourth-order valence-electron chi connectivity index (χ4n) is 2.64. The molecule has 0 aromatic heterocycles. The van der Waals surface area contributed by atoms with E-state index < -0.39 is 10.0 Å². The first-order chi connectivity index (χ1) is 9.37. The Bertz CT molecular complexity index is 589. The molecule has 1 heterocycles. The van der Waals surface area contributed by atoms with E-state index in [2.05, 4.69) is 6.92 Å². The Hall–Kier alpha value is -0.620. The van der Waals surface area contributed by atoms with Crippen molar-refractivity contribution < 1.29 is 8.42 Å². The Morgan fingerprint density at radius 1 is 1.40 bits per heavy atom. The molecule has 0 radical (unpaired) electrons. The number of nitrogens with two attached hydrogens (primary N) is 1. The van der Waals surface area contributed by atoms with E-state index in [0.717, 1.165) is 12.8 Å². The Labute approximate surface area is 126 Å². The predicted molar refractivity (Wildman–Crippen MR) is 81.1 cm³/mol. The number of halogens is 1. The van der Waals surface area contributed by atoms with Crippen molar-refractivity contribution in [1.29, 1.82) is 0 Å². The summed E-state index contributed by atoms with van der Waals surface area (Å²) in [6.07, 6.45) is 1.98. The maximum absolute atomic E-state index is 12.8. The van der Waals surface area contributed by atoms with Crippen LogP contribution in [-0.2, 0) is 16.6 Å². The van der Waals surface area contributed by atoms with E-state index in [0.29, 0.717) is 23.0 Å². The average molecular weight is 317 g/mol. The summed E-state index contributed by atoms with van der Waals surface area (Å²) in [6.45, 7) is 4.88. The van der Waals surface area contributed by atoms with Crippen molar-refractivity contribution >= 4 is 21.6 Å². The highest BCUT2D eigenvalue weighted by molar-refractivity contribution is 7.89. The first-order valence-corrected chi connectivity index (χ1v) is 8.70. The van der Waals surface area contributed by atoms with Gasteiger partial charge in [0.2, 0.25) is 10.0 Å². The van der Waals surface area contributed by atoms with E-state index in [4.69, 9.17) is 17.3 Å². The molecule has 6 heteroatoms. The third-order valence-electron chi connectivity index (χ3n) is 4.16. The van der Waals surface area contributed by atoms with Crippen LogP contribution in [0.3, 0.4) is 0 Å². The quantitative estimate of drug-likeness (QED) is 0.932. The van der Waals surface area contributed by atoms with Crippen molar-refractivity contribution in [2.45, 2.75) is 44.2 Å². The molecule has 0 amide bonds. The Morgan fingerprint density at radius 2 is 2.10 bits per heavy atom. The van der Waals surface area contributed by atoms with Crippen LogP contribution in [0.5, 0.6) is 0 Å². The van der Waals surface area contributed by atoms with Gasteiger partial charge in [-0.1, -0.05) is 18.5 Å². The maximum Gasteiger partial charge on any atom is 0.243 e. The average Bonchev–Trinajstić information content (AvgIpc) is 2.42. The minimum Gasteiger partial charge on any atom is -0.326 e. The zero-order valence-electron chi connectivity index (χ0n) is 11.8. The Morgan fingerprint density at radius 3 is 2.75 bits per heavy atom. The molecule has 1 fully saturated rings. The van der Waals surface area contributed by atoms with E-state index in [1.165, 1.54) is 0 Å². The second-order valence-electron chi connectivity index (χ2n) is 5.43. The van der Waals surface area contributed by atoms with E-state index in [1.807, 2.05) is 6.92 Å².